The lowest BCUT2D eigenvalue weighted by Gasteiger charge is -2.21. The number of aromatic amines is 1. The largest absolute Gasteiger partial charge is 0.464 e. The van der Waals surface area contributed by atoms with Gasteiger partial charge in [-0.05, 0) is 55.5 Å². The quantitative estimate of drug-likeness (QED) is 0.599. The summed E-state index contributed by atoms with van der Waals surface area (Å²) in [6.45, 7) is 8.04. The molecule has 3 rings (SSSR count). The number of benzene rings is 2. The Hall–Kier alpha value is -3.35. The first-order valence-electron chi connectivity index (χ1n) is 9.81. The number of fused-ring (bicyclic) bond motifs is 1. The summed E-state index contributed by atoms with van der Waals surface area (Å²) < 4.78 is 10.1. The van der Waals surface area contributed by atoms with Gasteiger partial charge >= 0.3 is 12.1 Å². The molecule has 2 aromatic carbocycles. The fraction of sp³-hybridized carbons (Fsp3) is 0.348. The van der Waals surface area contributed by atoms with Crippen molar-refractivity contribution in [2.75, 3.05) is 13.7 Å². The van der Waals surface area contributed by atoms with E-state index in [0.717, 1.165) is 27.6 Å². The molecular weight excluding hydrogens is 382 g/mol. The number of alkyl carbamates (subject to hydrolysis) is 1. The summed E-state index contributed by atoms with van der Waals surface area (Å²) in [6, 6.07) is 13.9. The molecule has 2 N–H and O–H groups in total. The third-order valence-corrected chi connectivity index (χ3v) is 4.71. The predicted molar refractivity (Wildman–Crippen MR) is 116 cm³/mol. The zero-order valence-electron chi connectivity index (χ0n) is 17.9. The molecule has 7 nitrogen and oxygen atoms in total. The van der Waals surface area contributed by atoms with Gasteiger partial charge in [0.1, 0.15) is 5.60 Å². The van der Waals surface area contributed by atoms with Gasteiger partial charge in [-0.2, -0.15) is 5.10 Å². The normalized spacial score (nSPS) is 12.4. The van der Waals surface area contributed by atoms with Gasteiger partial charge in [-0.15, -0.1) is 0 Å². The van der Waals surface area contributed by atoms with Gasteiger partial charge in [-0.3, -0.25) is 5.10 Å². The summed E-state index contributed by atoms with van der Waals surface area (Å²) in [4.78, 5) is 23.7. The lowest BCUT2D eigenvalue weighted by Crippen LogP contribution is -2.34. The third-order valence-electron chi connectivity index (χ3n) is 4.71. The molecule has 0 saturated heterocycles. The molecule has 1 aromatic heterocycles. The van der Waals surface area contributed by atoms with Crippen LogP contribution in [0.5, 0.6) is 0 Å². The second kappa shape index (κ2) is 8.57. The number of ether oxygens (including phenoxy) is 2. The number of carbonyl (C=O) groups is 2. The number of hydrogen-bond acceptors (Lipinski definition) is 5. The molecule has 0 spiro atoms. The van der Waals surface area contributed by atoms with Gasteiger partial charge in [0.25, 0.3) is 0 Å². The van der Waals surface area contributed by atoms with E-state index in [9.17, 15) is 9.59 Å². The van der Waals surface area contributed by atoms with E-state index in [1.54, 1.807) is 0 Å². The van der Waals surface area contributed by atoms with Gasteiger partial charge in [0.05, 0.1) is 12.6 Å². The summed E-state index contributed by atoms with van der Waals surface area (Å²) in [5.41, 5.74) is 3.63. The van der Waals surface area contributed by atoms with Crippen LogP contribution in [0.25, 0.3) is 22.0 Å². The minimum absolute atomic E-state index is 0.133. The lowest BCUT2D eigenvalue weighted by atomic mass is 9.97. The molecule has 0 bridgehead atoms. The van der Waals surface area contributed by atoms with E-state index in [1.807, 2.05) is 70.2 Å². The van der Waals surface area contributed by atoms with Crippen molar-refractivity contribution in [1.29, 1.82) is 0 Å². The monoisotopic (exact) mass is 409 g/mol. The van der Waals surface area contributed by atoms with Crippen LogP contribution in [0.1, 0.15) is 49.7 Å². The van der Waals surface area contributed by atoms with Crippen LogP contribution in [0.3, 0.4) is 0 Å². The number of nitrogens with one attached hydrogen (secondary N) is 2. The van der Waals surface area contributed by atoms with Crippen molar-refractivity contribution in [3.8, 4) is 11.1 Å². The van der Waals surface area contributed by atoms with Gasteiger partial charge in [-0.25, -0.2) is 9.59 Å². The van der Waals surface area contributed by atoms with Gasteiger partial charge in [0, 0.05) is 11.9 Å². The fourth-order valence-electron chi connectivity index (χ4n) is 3.12. The third kappa shape index (κ3) is 4.97. The molecule has 0 fully saturated rings. The van der Waals surface area contributed by atoms with E-state index in [1.165, 1.54) is 7.11 Å². The maximum atomic E-state index is 11.9. The number of esters is 1. The van der Waals surface area contributed by atoms with Crippen molar-refractivity contribution < 1.29 is 19.1 Å². The maximum Gasteiger partial charge on any atom is 0.407 e. The van der Waals surface area contributed by atoms with E-state index in [0.29, 0.717) is 6.54 Å². The number of nitrogens with zero attached hydrogens (tertiary/aromatic N) is 1. The Morgan fingerprint density at radius 1 is 1.10 bits per heavy atom. The van der Waals surface area contributed by atoms with Crippen LogP contribution in [-0.4, -0.2) is 41.5 Å². The summed E-state index contributed by atoms with van der Waals surface area (Å²) in [5, 5.41) is 10.4. The van der Waals surface area contributed by atoms with Crippen molar-refractivity contribution in [3.63, 3.8) is 0 Å². The first-order valence-corrected chi connectivity index (χ1v) is 9.81. The van der Waals surface area contributed by atoms with Crippen molar-refractivity contribution in [2.24, 2.45) is 0 Å². The number of hydrogen-bond donors (Lipinski definition) is 2. The van der Waals surface area contributed by atoms with E-state index in [4.69, 9.17) is 9.47 Å². The Morgan fingerprint density at radius 3 is 2.40 bits per heavy atom. The maximum absolute atomic E-state index is 11.9. The van der Waals surface area contributed by atoms with E-state index >= 15 is 0 Å². The number of methoxy groups -OCH3 is 1. The molecule has 3 aromatic rings. The Balaban J connectivity index is 1.72. The zero-order chi connectivity index (χ0) is 21.9. The summed E-state index contributed by atoms with van der Waals surface area (Å²) in [5.74, 6) is -0.339. The second-order valence-corrected chi connectivity index (χ2v) is 8.23. The molecule has 0 saturated carbocycles. The molecule has 0 aliphatic rings. The number of rotatable bonds is 5. The van der Waals surface area contributed by atoms with Crippen LogP contribution in [0.15, 0.2) is 42.5 Å². The minimum atomic E-state index is -0.515. The molecule has 1 atom stereocenters. The van der Waals surface area contributed by atoms with Crippen LogP contribution < -0.4 is 5.32 Å². The number of aromatic nitrogens is 2. The van der Waals surface area contributed by atoms with E-state index in [-0.39, 0.29) is 11.6 Å². The van der Waals surface area contributed by atoms with Crippen LogP contribution in [0.4, 0.5) is 4.79 Å². The van der Waals surface area contributed by atoms with Crippen LogP contribution in [0, 0.1) is 0 Å². The molecule has 0 aliphatic heterocycles. The zero-order valence-corrected chi connectivity index (χ0v) is 17.9. The van der Waals surface area contributed by atoms with Gasteiger partial charge in [0.15, 0.2) is 5.69 Å². The molecule has 30 heavy (non-hydrogen) atoms. The summed E-state index contributed by atoms with van der Waals surface area (Å²) in [7, 11) is 1.34. The molecule has 1 heterocycles. The molecule has 1 amide bonds. The molecule has 158 valence electrons. The molecular formula is C23H27N3O4. The number of carbonyl (C=O) groups excluding carboxylic acids is 2. The van der Waals surface area contributed by atoms with Crippen LogP contribution in [-0.2, 0) is 9.47 Å². The first-order chi connectivity index (χ1) is 14.2. The topological polar surface area (TPSA) is 93.3 Å². The average molecular weight is 409 g/mol. The molecule has 1 unspecified atom stereocenters. The smallest absolute Gasteiger partial charge is 0.407 e. The fourth-order valence-corrected chi connectivity index (χ4v) is 3.12. The van der Waals surface area contributed by atoms with Crippen molar-refractivity contribution in [1.82, 2.24) is 15.5 Å². The molecule has 7 heteroatoms. The second-order valence-electron chi connectivity index (χ2n) is 8.23. The van der Waals surface area contributed by atoms with Crippen molar-refractivity contribution >= 4 is 23.0 Å². The highest BCUT2D eigenvalue weighted by Crippen LogP contribution is 2.27. The van der Waals surface area contributed by atoms with Crippen molar-refractivity contribution in [3.05, 3.63) is 53.7 Å². The highest BCUT2D eigenvalue weighted by molar-refractivity contribution is 6.03. The van der Waals surface area contributed by atoms with Crippen molar-refractivity contribution in [2.45, 2.75) is 39.2 Å². The van der Waals surface area contributed by atoms with Gasteiger partial charge in [0.2, 0.25) is 0 Å². The van der Waals surface area contributed by atoms with E-state index < -0.39 is 17.7 Å². The standard InChI is InChI=1S/C23H27N3O4/c1-14(13-24-22(28)30-23(2,3)4)15-6-8-16(9-7-15)17-10-11-19-18(12-17)20(26-25-19)21(27)29-5/h6-12,14H,13H2,1-5H3,(H,24,28)(H,25,26). The van der Waals surface area contributed by atoms with Gasteiger partial charge in [-0.1, -0.05) is 37.3 Å². The highest BCUT2D eigenvalue weighted by Gasteiger charge is 2.17. The summed E-state index contributed by atoms with van der Waals surface area (Å²) in [6.07, 6.45) is -0.416. The van der Waals surface area contributed by atoms with Crippen LogP contribution >= 0.6 is 0 Å². The minimum Gasteiger partial charge on any atom is -0.464 e. The van der Waals surface area contributed by atoms with Crippen LogP contribution in [0.2, 0.25) is 0 Å². The Bertz CT molecular complexity index is 1050. The highest BCUT2D eigenvalue weighted by atomic mass is 16.6. The SMILES string of the molecule is COC(=O)c1n[nH]c2ccc(-c3ccc(C(C)CNC(=O)OC(C)(C)C)cc3)cc12. The average Bonchev–Trinajstić information content (AvgIpc) is 3.13. The number of H-pyrrole nitrogens is 1. The van der Waals surface area contributed by atoms with E-state index in [2.05, 4.69) is 15.5 Å². The summed E-state index contributed by atoms with van der Waals surface area (Å²) >= 11 is 0. The Labute approximate surface area is 175 Å². The first kappa shape index (κ1) is 21.4. The lowest BCUT2D eigenvalue weighted by molar-refractivity contribution is 0.0524. The molecule has 0 aliphatic carbocycles. The Kier molecular flexibility index (Phi) is 6.10. The Morgan fingerprint density at radius 2 is 1.77 bits per heavy atom. The van der Waals surface area contributed by atoms with Gasteiger partial charge < -0.3 is 14.8 Å². The molecule has 0 radical (unpaired) electrons. The predicted octanol–water partition coefficient (Wildman–Crippen LogP) is 4.64. The number of amides is 1.